The van der Waals surface area contributed by atoms with Crippen molar-refractivity contribution in [3.05, 3.63) is 0 Å². The zero-order valence-electron chi connectivity index (χ0n) is 11.0. The molecule has 2 aliphatic rings. The molecule has 17 heavy (non-hydrogen) atoms. The Labute approximate surface area is 105 Å². The van der Waals surface area contributed by atoms with E-state index in [1.807, 2.05) is 0 Å². The first-order valence-electron chi connectivity index (χ1n) is 6.93. The van der Waals surface area contributed by atoms with Crippen molar-refractivity contribution in [2.24, 2.45) is 0 Å². The summed E-state index contributed by atoms with van der Waals surface area (Å²) in [7, 11) is 1.78. The molecule has 0 radical (unpaired) electrons. The standard InChI is InChI=1S/C13H26N2O2/c1-16-10-7-15-6-2-3-13(11-15)14-12-4-8-17-9-5-12/h12-14H,2-11H2,1H3. The minimum Gasteiger partial charge on any atom is -0.383 e. The molecule has 2 rings (SSSR count). The van der Waals surface area contributed by atoms with Crippen LogP contribution in [0.15, 0.2) is 0 Å². The molecule has 0 aromatic rings. The lowest BCUT2D eigenvalue weighted by molar-refractivity contribution is 0.0670. The fourth-order valence-electron chi connectivity index (χ4n) is 2.81. The summed E-state index contributed by atoms with van der Waals surface area (Å²) in [6, 6.07) is 1.35. The average Bonchev–Trinajstić information content (AvgIpc) is 2.38. The molecule has 0 spiro atoms. The molecular weight excluding hydrogens is 216 g/mol. The molecule has 4 heteroatoms. The van der Waals surface area contributed by atoms with Crippen LogP contribution in [0.3, 0.4) is 0 Å². The highest BCUT2D eigenvalue weighted by atomic mass is 16.5. The van der Waals surface area contributed by atoms with Gasteiger partial charge in [0.15, 0.2) is 0 Å². The highest BCUT2D eigenvalue weighted by Gasteiger charge is 2.23. The summed E-state index contributed by atoms with van der Waals surface area (Å²) in [5.74, 6) is 0. The lowest BCUT2D eigenvalue weighted by atomic mass is 10.0. The average molecular weight is 242 g/mol. The second kappa shape index (κ2) is 7.31. The quantitative estimate of drug-likeness (QED) is 0.775. The van der Waals surface area contributed by atoms with E-state index in [4.69, 9.17) is 9.47 Å². The van der Waals surface area contributed by atoms with Gasteiger partial charge in [-0.1, -0.05) is 0 Å². The minimum atomic E-state index is 0.670. The number of likely N-dealkylation sites (tertiary alicyclic amines) is 1. The SMILES string of the molecule is COCCN1CCCC(NC2CCOCC2)C1. The van der Waals surface area contributed by atoms with E-state index in [1.165, 1.54) is 38.8 Å². The lowest BCUT2D eigenvalue weighted by Gasteiger charge is -2.36. The van der Waals surface area contributed by atoms with Gasteiger partial charge in [-0.25, -0.2) is 0 Å². The third-order valence-electron chi connectivity index (χ3n) is 3.81. The van der Waals surface area contributed by atoms with Gasteiger partial charge >= 0.3 is 0 Å². The molecule has 0 aliphatic carbocycles. The summed E-state index contributed by atoms with van der Waals surface area (Å²) in [6.45, 7) is 6.19. The van der Waals surface area contributed by atoms with Crippen molar-refractivity contribution in [1.29, 1.82) is 0 Å². The summed E-state index contributed by atoms with van der Waals surface area (Å²) in [4.78, 5) is 2.52. The normalized spacial score (nSPS) is 28.4. The number of nitrogens with one attached hydrogen (secondary N) is 1. The van der Waals surface area contributed by atoms with Gasteiger partial charge in [0.2, 0.25) is 0 Å². The maximum Gasteiger partial charge on any atom is 0.0589 e. The molecule has 0 bridgehead atoms. The lowest BCUT2D eigenvalue weighted by Crippen LogP contribution is -2.50. The Hall–Kier alpha value is -0.160. The van der Waals surface area contributed by atoms with Crippen LogP contribution in [0, 0.1) is 0 Å². The maximum atomic E-state index is 5.40. The summed E-state index contributed by atoms with van der Waals surface area (Å²) in [6.07, 6.45) is 4.98. The summed E-state index contributed by atoms with van der Waals surface area (Å²) < 4.78 is 10.5. The van der Waals surface area contributed by atoms with Gasteiger partial charge in [0, 0.05) is 45.5 Å². The highest BCUT2D eigenvalue weighted by Crippen LogP contribution is 2.13. The largest absolute Gasteiger partial charge is 0.383 e. The monoisotopic (exact) mass is 242 g/mol. The van der Waals surface area contributed by atoms with Gasteiger partial charge in [-0.15, -0.1) is 0 Å². The van der Waals surface area contributed by atoms with Crippen LogP contribution < -0.4 is 5.32 Å². The number of rotatable bonds is 5. The number of ether oxygens (including phenoxy) is 2. The molecule has 100 valence electrons. The second-order valence-corrected chi connectivity index (χ2v) is 5.19. The number of hydrogen-bond acceptors (Lipinski definition) is 4. The third kappa shape index (κ3) is 4.54. The van der Waals surface area contributed by atoms with Gasteiger partial charge in [0.1, 0.15) is 0 Å². The van der Waals surface area contributed by atoms with Gasteiger partial charge < -0.3 is 14.8 Å². The topological polar surface area (TPSA) is 33.7 Å². The van der Waals surface area contributed by atoms with E-state index in [-0.39, 0.29) is 0 Å². The van der Waals surface area contributed by atoms with E-state index in [1.54, 1.807) is 7.11 Å². The minimum absolute atomic E-state index is 0.670. The van der Waals surface area contributed by atoms with Crippen molar-refractivity contribution in [2.75, 3.05) is 46.6 Å². The fourth-order valence-corrected chi connectivity index (χ4v) is 2.81. The van der Waals surface area contributed by atoms with Crippen LogP contribution in [0.4, 0.5) is 0 Å². The van der Waals surface area contributed by atoms with Crippen molar-refractivity contribution in [3.8, 4) is 0 Å². The van der Waals surface area contributed by atoms with Crippen LogP contribution in [0.5, 0.6) is 0 Å². The van der Waals surface area contributed by atoms with Crippen LogP contribution in [-0.2, 0) is 9.47 Å². The number of nitrogens with zero attached hydrogens (tertiary/aromatic N) is 1. The third-order valence-corrected chi connectivity index (χ3v) is 3.81. The van der Waals surface area contributed by atoms with E-state index in [0.717, 1.165) is 26.4 Å². The summed E-state index contributed by atoms with van der Waals surface area (Å²) in [5.41, 5.74) is 0. The predicted molar refractivity (Wildman–Crippen MR) is 68.3 cm³/mol. The van der Waals surface area contributed by atoms with Gasteiger partial charge in [-0.3, -0.25) is 4.90 Å². The van der Waals surface area contributed by atoms with Crippen molar-refractivity contribution in [3.63, 3.8) is 0 Å². The second-order valence-electron chi connectivity index (χ2n) is 5.19. The molecule has 2 aliphatic heterocycles. The van der Waals surface area contributed by atoms with Crippen molar-refractivity contribution in [1.82, 2.24) is 10.2 Å². The number of methoxy groups -OCH3 is 1. The predicted octanol–water partition coefficient (Wildman–Crippen LogP) is 0.866. The zero-order valence-corrected chi connectivity index (χ0v) is 11.0. The fraction of sp³-hybridized carbons (Fsp3) is 1.00. The van der Waals surface area contributed by atoms with E-state index in [9.17, 15) is 0 Å². The van der Waals surface area contributed by atoms with Gasteiger partial charge in [0.05, 0.1) is 6.61 Å². The first-order chi connectivity index (χ1) is 8.38. The van der Waals surface area contributed by atoms with Crippen molar-refractivity contribution < 1.29 is 9.47 Å². The van der Waals surface area contributed by atoms with Crippen LogP contribution >= 0.6 is 0 Å². The number of hydrogen-bond donors (Lipinski definition) is 1. The Bertz CT molecular complexity index is 208. The Morgan fingerprint density at radius 3 is 2.82 bits per heavy atom. The molecule has 4 nitrogen and oxygen atoms in total. The molecule has 1 atom stereocenters. The van der Waals surface area contributed by atoms with E-state index < -0.39 is 0 Å². The molecule has 0 saturated carbocycles. The summed E-state index contributed by atoms with van der Waals surface area (Å²) >= 11 is 0. The Balaban J connectivity index is 1.68. The summed E-state index contributed by atoms with van der Waals surface area (Å²) in [5, 5.41) is 3.80. The van der Waals surface area contributed by atoms with E-state index >= 15 is 0 Å². The first kappa shape index (κ1) is 13.3. The highest BCUT2D eigenvalue weighted by molar-refractivity contribution is 4.82. The molecule has 2 heterocycles. The molecule has 1 unspecified atom stereocenters. The molecule has 0 aromatic carbocycles. The smallest absolute Gasteiger partial charge is 0.0589 e. The van der Waals surface area contributed by atoms with Crippen molar-refractivity contribution >= 4 is 0 Å². The molecule has 0 amide bonds. The van der Waals surface area contributed by atoms with Crippen molar-refractivity contribution in [2.45, 2.75) is 37.8 Å². The van der Waals surface area contributed by atoms with Crippen LogP contribution in [0.1, 0.15) is 25.7 Å². The van der Waals surface area contributed by atoms with E-state index in [0.29, 0.717) is 12.1 Å². The van der Waals surface area contributed by atoms with E-state index in [2.05, 4.69) is 10.2 Å². The molecule has 1 N–H and O–H groups in total. The van der Waals surface area contributed by atoms with Gasteiger partial charge in [-0.2, -0.15) is 0 Å². The zero-order chi connectivity index (χ0) is 11.9. The first-order valence-corrected chi connectivity index (χ1v) is 6.93. The maximum absolute atomic E-state index is 5.40. The Morgan fingerprint density at radius 2 is 2.06 bits per heavy atom. The van der Waals surface area contributed by atoms with Crippen LogP contribution in [0.2, 0.25) is 0 Å². The Kier molecular flexibility index (Phi) is 5.71. The van der Waals surface area contributed by atoms with Crippen LogP contribution in [-0.4, -0.2) is 63.5 Å². The van der Waals surface area contributed by atoms with Gasteiger partial charge in [0.25, 0.3) is 0 Å². The molecule has 2 fully saturated rings. The van der Waals surface area contributed by atoms with Gasteiger partial charge in [-0.05, 0) is 32.2 Å². The molecule has 0 aromatic heterocycles. The van der Waals surface area contributed by atoms with Crippen LogP contribution in [0.25, 0.3) is 0 Å². The number of piperidine rings is 1. The molecule has 2 saturated heterocycles. The molecular formula is C13H26N2O2. The Morgan fingerprint density at radius 1 is 1.24 bits per heavy atom.